The zero-order chi connectivity index (χ0) is 19.3. The third-order valence-corrected chi connectivity index (χ3v) is 6.82. The van der Waals surface area contributed by atoms with Crippen molar-refractivity contribution in [3.8, 4) is 0 Å². The summed E-state index contributed by atoms with van der Waals surface area (Å²) in [4.78, 5) is 18.0. The van der Waals surface area contributed by atoms with Crippen LogP contribution in [-0.2, 0) is 4.79 Å². The van der Waals surface area contributed by atoms with Gasteiger partial charge < -0.3 is 10.2 Å². The van der Waals surface area contributed by atoms with E-state index in [2.05, 4.69) is 74.1 Å². The maximum Gasteiger partial charge on any atom is 0.231 e. The summed E-state index contributed by atoms with van der Waals surface area (Å²) in [5.41, 5.74) is 5.50. The summed E-state index contributed by atoms with van der Waals surface area (Å²) in [7, 11) is 2.19. The molecule has 4 rings (SSSR count). The molecule has 2 aliphatic heterocycles. The van der Waals surface area contributed by atoms with Crippen molar-refractivity contribution in [3.63, 3.8) is 0 Å². The second kappa shape index (κ2) is 6.97. The number of hydrogen-bond acceptors (Lipinski definition) is 3. The van der Waals surface area contributed by atoms with Crippen LogP contribution in [-0.4, -0.2) is 54.0 Å². The van der Waals surface area contributed by atoms with E-state index in [4.69, 9.17) is 0 Å². The van der Waals surface area contributed by atoms with Gasteiger partial charge in [-0.3, -0.25) is 9.69 Å². The van der Waals surface area contributed by atoms with Crippen LogP contribution in [0.5, 0.6) is 0 Å². The fourth-order valence-corrected chi connectivity index (χ4v) is 5.37. The first-order valence-electron chi connectivity index (χ1n) is 10.5. The van der Waals surface area contributed by atoms with Crippen molar-refractivity contribution in [3.05, 3.63) is 35.4 Å². The molecule has 1 aliphatic carbocycles. The summed E-state index contributed by atoms with van der Waals surface area (Å²) in [6.07, 6.45) is 4.44. The van der Waals surface area contributed by atoms with Gasteiger partial charge in [-0.05, 0) is 63.4 Å². The zero-order valence-corrected chi connectivity index (χ0v) is 17.3. The average Bonchev–Trinajstić information content (AvgIpc) is 3.06. The predicted molar refractivity (Wildman–Crippen MR) is 112 cm³/mol. The Hall–Kier alpha value is -1.81. The van der Waals surface area contributed by atoms with Gasteiger partial charge >= 0.3 is 0 Å². The molecule has 4 atom stereocenters. The molecule has 2 heterocycles. The van der Waals surface area contributed by atoms with Gasteiger partial charge in [0.2, 0.25) is 5.91 Å². The number of carbonyl (C=O) groups excluding carboxylic acids is 1. The highest BCUT2D eigenvalue weighted by Crippen LogP contribution is 2.48. The molecule has 4 nitrogen and oxygen atoms in total. The van der Waals surface area contributed by atoms with Gasteiger partial charge in [-0.1, -0.05) is 25.1 Å². The molecule has 27 heavy (non-hydrogen) atoms. The molecule has 0 bridgehead atoms. The van der Waals surface area contributed by atoms with E-state index in [0.717, 1.165) is 25.9 Å². The first-order valence-corrected chi connectivity index (χ1v) is 10.5. The lowest BCUT2D eigenvalue weighted by atomic mass is 9.74. The van der Waals surface area contributed by atoms with E-state index < -0.39 is 0 Å². The maximum absolute atomic E-state index is 13.5. The van der Waals surface area contributed by atoms with Crippen LogP contribution < -0.4 is 5.32 Å². The van der Waals surface area contributed by atoms with Crippen LogP contribution in [0.1, 0.15) is 57.6 Å². The van der Waals surface area contributed by atoms with E-state index in [-0.39, 0.29) is 23.9 Å². The Morgan fingerprint density at radius 3 is 2.81 bits per heavy atom. The molecule has 1 aromatic rings. The second-order valence-electron chi connectivity index (χ2n) is 8.86. The number of carbonyl (C=O) groups is 1. The first-order chi connectivity index (χ1) is 12.9. The third kappa shape index (κ3) is 2.98. The Morgan fingerprint density at radius 1 is 1.33 bits per heavy atom. The predicted octanol–water partition coefficient (Wildman–Crippen LogP) is 3.95. The molecule has 1 aromatic carbocycles. The molecule has 4 unspecified atom stereocenters. The van der Waals surface area contributed by atoms with Gasteiger partial charge in [-0.15, -0.1) is 0 Å². The van der Waals surface area contributed by atoms with Crippen LogP contribution in [0.15, 0.2) is 24.3 Å². The van der Waals surface area contributed by atoms with E-state index in [1.165, 1.54) is 22.4 Å². The lowest BCUT2D eigenvalue weighted by Gasteiger charge is -2.43. The standard InChI is InChI=1S/C23H33N3O/c1-6-15(4)26(14(2)3)23(27)17-10-19-18-8-7-9-20-22(18)16(12-24-20)11-21(19)25(5)13-17/h7-10,14-17,21,24H,6,11-13H2,1-5H3. The van der Waals surface area contributed by atoms with Crippen LogP contribution in [0, 0.1) is 5.92 Å². The number of hydrogen-bond donors (Lipinski definition) is 1. The molecule has 0 aromatic heterocycles. The van der Waals surface area contributed by atoms with Gasteiger partial charge in [0.15, 0.2) is 0 Å². The Labute approximate surface area is 163 Å². The molecule has 0 radical (unpaired) electrons. The van der Waals surface area contributed by atoms with Gasteiger partial charge in [0.1, 0.15) is 0 Å². The van der Waals surface area contributed by atoms with Crippen LogP contribution in [0.4, 0.5) is 5.69 Å². The van der Waals surface area contributed by atoms with Crippen molar-refractivity contribution in [1.82, 2.24) is 9.80 Å². The molecule has 4 heteroatoms. The molecule has 146 valence electrons. The number of fused-ring (bicyclic) bond motifs is 2. The third-order valence-electron chi connectivity index (χ3n) is 6.82. The Morgan fingerprint density at radius 2 is 2.11 bits per heavy atom. The highest BCUT2D eigenvalue weighted by Gasteiger charge is 2.41. The van der Waals surface area contributed by atoms with Crippen molar-refractivity contribution < 1.29 is 4.79 Å². The monoisotopic (exact) mass is 367 g/mol. The zero-order valence-electron chi connectivity index (χ0n) is 17.3. The summed E-state index contributed by atoms with van der Waals surface area (Å²) >= 11 is 0. The number of rotatable bonds is 4. The number of likely N-dealkylation sites (N-methyl/N-ethyl adjacent to an activating group) is 1. The number of benzene rings is 1. The maximum atomic E-state index is 13.5. The molecule has 1 amide bonds. The normalized spacial score (nSPS) is 27.5. The van der Waals surface area contributed by atoms with Gasteiger partial charge in [0.25, 0.3) is 0 Å². The van der Waals surface area contributed by atoms with Crippen molar-refractivity contribution in [2.75, 3.05) is 25.5 Å². The first kappa shape index (κ1) is 18.5. The minimum atomic E-state index is -0.0561. The van der Waals surface area contributed by atoms with E-state index >= 15 is 0 Å². The van der Waals surface area contributed by atoms with Crippen molar-refractivity contribution >= 4 is 17.2 Å². The highest BCUT2D eigenvalue weighted by atomic mass is 16.2. The largest absolute Gasteiger partial charge is 0.384 e. The molecule has 0 fully saturated rings. The number of anilines is 1. The average molecular weight is 368 g/mol. The van der Waals surface area contributed by atoms with Gasteiger partial charge in [-0.25, -0.2) is 0 Å². The van der Waals surface area contributed by atoms with E-state index in [9.17, 15) is 4.79 Å². The molecule has 0 spiro atoms. The summed E-state index contributed by atoms with van der Waals surface area (Å²) in [6, 6.07) is 7.54. The van der Waals surface area contributed by atoms with E-state index in [0.29, 0.717) is 12.0 Å². The van der Waals surface area contributed by atoms with Crippen LogP contribution in [0.3, 0.4) is 0 Å². The van der Waals surface area contributed by atoms with Crippen LogP contribution in [0.25, 0.3) is 5.57 Å². The molecule has 1 N–H and O–H groups in total. The number of nitrogens with zero attached hydrogens (tertiary/aromatic N) is 2. The topological polar surface area (TPSA) is 35.6 Å². The van der Waals surface area contributed by atoms with Gasteiger partial charge in [0, 0.05) is 42.8 Å². The second-order valence-corrected chi connectivity index (χ2v) is 8.86. The highest BCUT2D eigenvalue weighted by molar-refractivity contribution is 5.88. The Kier molecular flexibility index (Phi) is 4.79. The summed E-state index contributed by atoms with van der Waals surface area (Å²) in [5.74, 6) is 0.824. The molecule has 0 saturated carbocycles. The van der Waals surface area contributed by atoms with Crippen LogP contribution in [0.2, 0.25) is 0 Å². The summed E-state index contributed by atoms with van der Waals surface area (Å²) in [6.45, 7) is 10.5. The quantitative estimate of drug-likeness (QED) is 0.875. The summed E-state index contributed by atoms with van der Waals surface area (Å²) in [5, 5.41) is 3.58. The molecular weight excluding hydrogens is 334 g/mol. The van der Waals surface area contributed by atoms with Crippen molar-refractivity contribution in [2.45, 2.75) is 64.6 Å². The fraction of sp³-hybridized carbons (Fsp3) is 0.609. The molecular formula is C23H33N3O. The SMILES string of the molecule is CCC(C)N(C(=O)C1C=C2c3cccc4c3C(CN4)CC2N(C)C1)C(C)C. The van der Waals surface area contributed by atoms with E-state index in [1.807, 2.05) is 0 Å². The number of amides is 1. The smallest absolute Gasteiger partial charge is 0.231 e. The van der Waals surface area contributed by atoms with Gasteiger partial charge in [-0.2, -0.15) is 0 Å². The number of nitrogens with one attached hydrogen (secondary N) is 1. The lowest BCUT2D eigenvalue weighted by Crippen LogP contribution is -2.51. The summed E-state index contributed by atoms with van der Waals surface area (Å²) < 4.78 is 0. The molecule has 0 saturated heterocycles. The minimum absolute atomic E-state index is 0.0561. The van der Waals surface area contributed by atoms with E-state index in [1.54, 1.807) is 0 Å². The Balaban J connectivity index is 1.72. The lowest BCUT2D eigenvalue weighted by molar-refractivity contribution is -0.138. The fourth-order valence-electron chi connectivity index (χ4n) is 5.37. The van der Waals surface area contributed by atoms with Gasteiger partial charge in [0.05, 0.1) is 5.92 Å². The van der Waals surface area contributed by atoms with Crippen LogP contribution >= 0.6 is 0 Å². The minimum Gasteiger partial charge on any atom is -0.384 e. The Bertz CT molecular complexity index is 769. The van der Waals surface area contributed by atoms with Crippen molar-refractivity contribution in [1.29, 1.82) is 0 Å². The van der Waals surface area contributed by atoms with Crippen molar-refractivity contribution in [2.24, 2.45) is 5.92 Å². The molecule has 3 aliphatic rings.